The molecule has 0 saturated heterocycles. The van der Waals surface area contributed by atoms with Crippen LogP contribution < -0.4 is 16.4 Å². The van der Waals surface area contributed by atoms with E-state index in [-0.39, 0.29) is 24.3 Å². The van der Waals surface area contributed by atoms with Crippen molar-refractivity contribution in [2.75, 3.05) is 17.2 Å². The zero-order chi connectivity index (χ0) is 15.9. The molecule has 1 aromatic carbocycles. The largest absolute Gasteiger partial charge is 0.330 e. The van der Waals surface area contributed by atoms with Crippen molar-refractivity contribution >= 4 is 34.5 Å². The SMILES string of the molecule is CC(CN)C(=O)Nc1ccccc1NC(=O)Cc1cccs1. The smallest absolute Gasteiger partial charge is 0.229 e. The summed E-state index contributed by atoms with van der Waals surface area (Å²) in [7, 11) is 0. The van der Waals surface area contributed by atoms with Crippen LogP contribution in [0.1, 0.15) is 11.8 Å². The van der Waals surface area contributed by atoms with Crippen LogP contribution in [-0.4, -0.2) is 18.4 Å². The minimum Gasteiger partial charge on any atom is -0.330 e. The Bertz CT molecular complexity index is 641. The minimum absolute atomic E-state index is 0.115. The van der Waals surface area contributed by atoms with Gasteiger partial charge in [-0.25, -0.2) is 0 Å². The van der Waals surface area contributed by atoms with Gasteiger partial charge in [-0.05, 0) is 23.6 Å². The number of nitrogens with two attached hydrogens (primary N) is 1. The number of nitrogens with one attached hydrogen (secondary N) is 2. The monoisotopic (exact) mass is 317 g/mol. The van der Waals surface area contributed by atoms with Crippen LogP contribution in [0, 0.1) is 5.92 Å². The van der Waals surface area contributed by atoms with Crippen molar-refractivity contribution in [3.8, 4) is 0 Å². The molecule has 5 nitrogen and oxygen atoms in total. The van der Waals surface area contributed by atoms with Gasteiger partial charge < -0.3 is 16.4 Å². The molecule has 0 aliphatic carbocycles. The molecule has 6 heteroatoms. The van der Waals surface area contributed by atoms with Gasteiger partial charge in [0.15, 0.2) is 0 Å². The lowest BCUT2D eigenvalue weighted by Gasteiger charge is -2.14. The van der Waals surface area contributed by atoms with E-state index in [4.69, 9.17) is 5.73 Å². The van der Waals surface area contributed by atoms with Crippen molar-refractivity contribution in [3.63, 3.8) is 0 Å². The number of anilines is 2. The highest BCUT2D eigenvalue weighted by Crippen LogP contribution is 2.22. The maximum atomic E-state index is 12.1. The molecule has 116 valence electrons. The molecular weight excluding hydrogens is 298 g/mol. The van der Waals surface area contributed by atoms with Crippen LogP contribution in [0.15, 0.2) is 41.8 Å². The van der Waals surface area contributed by atoms with Crippen molar-refractivity contribution in [1.29, 1.82) is 0 Å². The molecule has 0 spiro atoms. The summed E-state index contributed by atoms with van der Waals surface area (Å²) < 4.78 is 0. The number of benzene rings is 1. The van der Waals surface area contributed by atoms with Gasteiger partial charge in [0.2, 0.25) is 11.8 Å². The molecule has 1 heterocycles. The fraction of sp³-hybridized carbons (Fsp3) is 0.250. The first-order chi connectivity index (χ1) is 10.6. The minimum atomic E-state index is -0.283. The van der Waals surface area contributed by atoms with E-state index in [1.807, 2.05) is 23.6 Å². The van der Waals surface area contributed by atoms with E-state index in [2.05, 4.69) is 10.6 Å². The van der Waals surface area contributed by atoms with E-state index >= 15 is 0 Å². The van der Waals surface area contributed by atoms with Gasteiger partial charge >= 0.3 is 0 Å². The van der Waals surface area contributed by atoms with Crippen molar-refractivity contribution < 1.29 is 9.59 Å². The third kappa shape index (κ3) is 4.41. The van der Waals surface area contributed by atoms with Crippen LogP contribution in [0.2, 0.25) is 0 Å². The molecule has 2 rings (SSSR count). The topological polar surface area (TPSA) is 84.2 Å². The Morgan fingerprint density at radius 1 is 1.14 bits per heavy atom. The molecular formula is C16H19N3O2S. The molecule has 0 bridgehead atoms. The van der Waals surface area contributed by atoms with E-state index < -0.39 is 0 Å². The van der Waals surface area contributed by atoms with E-state index in [0.717, 1.165) is 4.88 Å². The summed E-state index contributed by atoms with van der Waals surface area (Å²) in [6.45, 7) is 2.03. The summed E-state index contributed by atoms with van der Waals surface area (Å²) in [6, 6.07) is 11.0. The highest BCUT2D eigenvalue weighted by molar-refractivity contribution is 7.10. The molecule has 4 N–H and O–H groups in total. The van der Waals surface area contributed by atoms with Gasteiger partial charge in [0.1, 0.15) is 0 Å². The highest BCUT2D eigenvalue weighted by Gasteiger charge is 2.14. The van der Waals surface area contributed by atoms with Crippen LogP contribution in [0.5, 0.6) is 0 Å². The highest BCUT2D eigenvalue weighted by atomic mass is 32.1. The number of amides is 2. The number of para-hydroxylation sites is 2. The van der Waals surface area contributed by atoms with E-state index in [1.165, 1.54) is 11.3 Å². The molecule has 0 radical (unpaired) electrons. The lowest BCUT2D eigenvalue weighted by atomic mass is 10.1. The first-order valence-electron chi connectivity index (χ1n) is 7.02. The molecule has 1 aromatic heterocycles. The molecule has 0 saturated carbocycles. The van der Waals surface area contributed by atoms with Crippen LogP contribution in [0.3, 0.4) is 0 Å². The number of carbonyl (C=O) groups excluding carboxylic acids is 2. The number of hydrogen-bond acceptors (Lipinski definition) is 4. The number of rotatable bonds is 6. The second kappa shape index (κ2) is 7.72. The number of hydrogen-bond donors (Lipinski definition) is 3. The maximum absolute atomic E-state index is 12.1. The average Bonchev–Trinajstić information content (AvgIpc) is 3.01. The predicted octanol–water partition coefficient (Wildman–Crippen LogP) is 2.46. The summed E-state index contributed by atoms with van der Waals surface area (Å²) in [6.07, 6.45) is 0.319. The molecule has 2 aromatic rings. The second-order valence-electron chi connectivity index (χ2n) is 4.98. The zero-order valence-electron chi connectivity index (χ0n) is 12.3. The van der Waals surface area contributed by atoms with E-state index in [1.54, 1.807) is 25.1 Å². The Labute approximate surface area is 133 Å². The fourth-order valence-electron chi connectivity index (χ4n) is 1.83. The van der Waals surface area contributed by atoms with Gasteiger partial charge in [0, 0.05) is 17.3 Å². The molecule has 0 aliphatic rings. The average molecular weight is 317 g/mol. The van der Waals surface area contributed by atoms with Crippen molar-refractivity contribution in [1.82, 2.24) is 0 Å². The van der Waals surface area contributed by atoms with Crippen LogP contribution in [-0.2, 0) is 16.0 Å². The molecule has 1 unspecified atom stereocenters. The summed E-state index contributed by atoms with van der Waals surface area (Å²) in [5.74, 6) is -0.562. The normalized spacial score (nSPS) is 11.7. The van der Waals surface area contributed by atoms with Gasteiger partial charge in [-0.15, -0.1) is 11.3 Å². The van der Waals surface area contributed by atoms with E-state index in [9.17, 15) is 9.59 Å². The summed E-state index contributed by atoms with van der Waals surface area (Å²) >= 11 is 1.54. The van der Waals surface area contributed by atoms with Crippen molar-refractivity contribution in [3.05, 3.63) is 46.7 Å². The number of carbonyl (C=O) groups is 2. The van der Waals surface area contributed by atoms with Gasteiger partial charge in [-0.2, -0.15) is 0 Å². The van der Waals surface area contributed by atoms with E-state index in [0.29, 0.717) is 17.8 Å². The fourth-order valence-corrected chi connectivity index (χ4v) is 2.53. The molecule has 0 aliphatic heterocycles. The third-order valence-electron chi connectivity index (χ3n) is 3.18. The third-order valence-corrected chi connectivity index (χ3v) is 4.05. The molecule has 1 atom stereocenters. The van der Waals surface area contributed by atoms with Crippen LogP contribution in [0.25, 0.3) is 0 Å². The van der Waals surface area contributed by atoms with Crippen LogP contribution in [0.4, 0.5) is 11.4 Å². The lowest BCUT2D eigenvalue weighted by molar-refractivity contribution is -0.119. The Morgan fingerprint density at radius 2 is 1.82 bits per heavy atom. The van der Waals surface area contributed by atoms with Crippen molar-refractivity contribution in [2.24, 2.45) is 11.7 Å². The summed E-state index contributed by atoms with van der Waals surface area (Å²) in [4.78, 5) is 25.0. The molecule has 2 amide bonds. The maximum Gasteiger partial charge on any atom is 0.229 e. The molecule has 22 heavy (non-hydrogen) atoms. The Balaban J connectivity index is 2.04. The first-order valence-corrected chi connectivity index (χ1v) is 7.90. The Kier molecular flexibility index (Phi) is 5.68. The predicted molar refractivity (Wildman–Crippen MR) is 89.9 cm³/mol. The zero-order valence-corrected chi connectivity index (χ0v) is 13.2. The van der Waals surface area contributed by atoms with Gasteiger partial charge in [-0.3, -0.25) is 9.59 Å². The Morgan fingerprint density at radius 3 is 2.41 bits per heavy atom. The standard InChI is InChI=1S/C16H19N3O2S/c1-11(10-17)16(21)19-14-7-3-2-6-13(14)18-15(20)9-12-5-4-8-22-12/h2-8,11H,9-10,17H2,1H3,(H,18,20)(H,19,21). The number of thiophene rings is 1. The van der Waals surface area contributed by atoms with Crippen molar-refractivity contribution in [2.45, 2.75) is 13.3 Å². The summed E-state index contributed by atoms with van der Waals surface area (Å²) in [5, 5.41) is 7.56. The van der Waals surface area contributed by atoms with Gasteiger partial charge in [-0.1, -0.05) is 25.1 Å². The van der Waals surface area contributed by atoms with Gasteiger partial charge in [0.05, 0.1) is 17.8 Å². The second-order valence-corrected chi connectivity index (χ2v) is 6.01. The quantitative estimate of drug-likeness (QED) is 0.765. The first kappa shape index (κ1) is 16.2. The van der Waals surface area contributed by atoms with Gasteiger partial charge in [0.25, 0.3) is 0 Å². The molecule has 0 fully saturated rings. The van der Waals surface area contributed by atoms with Crippen LogP contribution >= 0.6 is 11.3 Å². The summed E-state index contributed by atoms with van der Waals surface area (Å²) in [5.41, 5.74) is 6.65. The Hall–Kier alpha value is -2.18. The lowest BCUT2D eigenvalue weighted by Crippen LogP contribution is -2.27.